The Morgan fingerprint density at radius 2 is 0.973 bits per heavy atom. The van der Waals surface area contributed by atoms with Crippen LogP contribution in [0.1, 0.15) is 31.7 Å². The van der Waals surface area contributed by atoms with E-state index in [0.29, 0.717) is 0 Å². The van der Waals surface area contributed by atoms with Crippen LogP contribution in [0.25, 0.3) is 22.3 Å². The van der Waals surface area contributed by atoms with Gasteiger partial charge in [0.2, 0.25) is 0 Å². The van der Waals surface area contributed by atoms with Crippen molar-refractivity contribution in [2.24, 2.45) is 0 Å². The van der Waals surface area contributed by atoms with Gasteiger partial charge in [0.1, 0.15) is 23.2 Å². The van der Waals surface area contributed by atoms with Crippen LogP contribution in [0.3, 0.4) is 0 Å². The predicted octanol–water partition coefficient (Wildman–Crippen LogP) is 8.68. The first-order valence-electron chi connectivity index (χ1n) is 13.5. The summed E-state index contributed by atoms with van der Waals surface area (Å²) in [6.45, 7) is 4.73. The van der Waals surface area contributed by atoms with Gasteiger partial charge in [0.15, 0.2) is 0 Å². The van der Waals surface area contributed by atoms with Gasteiger partial charge in [0.05, 0.1) is 6.66 Å². The molecule has 0 aliphatic rings. The highest BCUT2D eigenvalue weighted by Crippen LogP contribution is 2.53. The largest absolute Gasteiger partial charge is 0.112 e. The average Bonchev–Trinajstić information content (AvgIpc) is 2.98. The van der Waals surface area contributed by atoms with Crippen molar-refractivity contribution in [1.29, 1.82) is 0 Å². The standard InChI is InChI=1S/C36H36P/c1-3-4-7-14-29-21-23-30(24-22-29)31-25-27-32(28-26-31)35-19-12-13-20-36(35)37(2,33-15-8-5-9-16-33)34-17-10-6-11-18-34/h5-6,8-13,15-28H,3-4,7,14H2,1-2H3/q+1. The number of hydrogen-bond acceptors (Lipinski definition) is 0. The van der Waals surface area contributed by atoms with E-state index >= 15 is 0 Å². The van der Waals surface area contributed by atoms with Crippen LogP contribution in [0.4, 0.5) is 0 Å². The quantitative estimate of drug-likeness (QED) is 0.141. The first kappa shape index (κ1) is 25.2. The fourth-order valence-electron chi connectivity index (χ4n) is 5.27. The molecule has 0 saturated heterocycles. The zero-order valence-corrected chi connectivity index (χ0v) is 22.9. The third-order valence-corrected chi connectivity index (χ3v) is 11.5. The molecule has 5 aromatic rings. The van der Waals surface area contributed by atoms with Gasteiger partial charge in [0.25, 0.3) is 0 Å². The van der Waals surface area contributed by atoms with E-state index in [-0.39, 0.29) is 0 Å². The SMILES string of the molecule is CCCCCc1ccc(-c2ccc(-c3ccccc3[P+](C)(c3ccccc3)c3ccccc3)cc2)cc1. The number of rotatable bonds is 9. The zero-order valence-electron chi connectivity index (χ0n) is 22.0. The molecule has 184 valence electrons. The first-order chi connectivity index (χ1) is 18.2. The number of unbranched alkanes of at least 4 members (excludes halogenated alkanes) is 2. The molecule has 5 aromatic carbocycles. The summed E-state index contributed by atoms with van der Waals surface area (Å²) in [4.78, 5) is 0. The lowest BCUT2D eigenvalue weighted by Crippen LogP contribution is -2.31. The summed E-state index contributed by atoms with van der Waals surface area (Å²) in [5.74, 6) is 0. The minimum atomic E-state index is -1.82. The summed E-state index contributed by atoms with van der Waals surface area (Å²) < 4.78 is 0. The molecule has 0 nitrogen and oxygen atoms in total. The lowest BCUT2D eigenvalue weighted by molar-refractivity contribution is 0.717. The molecule has 0 aliphatic heterocycles. The summed E-state index contributed by atoms with van der Waals surface area (Å²) in [7, 11) is -1.82. The van der Waals surface area contributed by atoms with Gasteiger partial charge in [0, 0.05) is 5.56 Å². The van der Waals surface area contributed by atoms with Crippen LogP contribution < -0.4 is 15.9 Å². The summed E-state index contributed by atoms with van der Waals surface area (Å²) in [6.07, 6.45) is 5.03. The Labute approximate surface area is 223 Å². The summed E-state index contributed by atoms with van der Waals surface area (Å²) in [6, 6.07) is 49.4. The summed E-state index contributed by atoms with van der Waals surface area (Å²) in [5.41, 5.74) is 6.58. The normalized spacial score (nSPS) is 11.4. The molecule has 0 saturated carbocycles. The van der Waals surface area contributed by atoms with Crippen molar-refractivity contribution in [1.82, 2.24) is 0 Å². The molecular weight excluding hydrogens is 463 g/mol. The molecular formula is C36H36P+. The fourth-order valence-corrected chi connectivity index (χ4v) is 8.73. The Morgan fingerprint density at radius 3 is 1.54 bits per heavy atom. The van der Waals surface area contributed by atoms with Crippen molar-refractivity contribution in [2.75, 3.05) is 6.66 Å². The van der Waals surface area contributed by atoms with Gasteiger partial charge in [-0.25, -0.2) is 0 Å². The smallest absolute Gasteiger partial charge is 0.0654 e. The average molecular weight is 500 g/mol. The van der Waals surface area contributed by atoms with E-state index in [1.165, 1.54) is 69.4 Å². The van der Waals surface area contributed by atoms with E-state index in [0.717, 1.165) is 0 Å². The maximum Gasteiger partial charge on any atom is 0.112 e. The van der Waals surface area contributed by atoms with Crippen LogP contribution in [0.2, 0.25) is 0 Å². The van der Waals surface area contributed by atoms with Crippen molar-refractivity contribution in [3.63, 3.8) is 0 Å². The van der Waals surface area contributed by atoms with Gasteiger partial charge in [-0.15, -0.1) is 0 Å². The first-order valence-corrected chi connectivity index (χ1v) is 15.7. The number of aryl methyl sites for hydroxylation is 1. The molecule has 0 atom stereocenters. The van der Waals surface area contributed by atoms with Crippen LogP contribution in [-0.2, 0) is 6.42 Å². The fraction of sp³-hybridized carbons (Fsp3) is 0.167. The maximum atomic E-state index is 2.47. The van der Waals surface area contributed by atoms with Gasteiger partial charge >= 0.3 is 0 Å². The van der Waals surface area contributed by atoms with Crippen molar-refractivity contribution < 1.29 is 0 Å². The van der Waals surface area contributed by atoms with E-state index in [1.54, 1.807) is 0 Å². The topological polar surface area (TPSA) is 0 Å². The third-order valence-electron chi connectivity index (χ3n) is 7.48. The predicted molar refractivity (Wildman–Crippen MR) is 165 cm³/mol. The second kappa shape index (κ2) is 11.7. The van der Waals surface area contributed by atoms with Crippen LogP contribution in [-0.4, -0.2) is 6.66 Å². The highest BCUT2D eigenvalue weighted by Gasteiger charge is 2.41. The molecule has 0 spiro atoms. The molecule has 37 heavy (non-hydrogen) atoms. The van der Waals surface area contributed by atoms with Crippen molar-refractivity contribution in [3.05, 3.63) is 139 Å². The molecule has 0 amide bonds. The highest BCUT2D eigenvalue weighted by atomic mass is 31.2. The molecule has 5 rings (SSSR count). The molecule has 1 heteroatoms. The van der Waals surface area contributed by atoms with E-state index in [1.807, 2.05) is 0 Å². The maximum absolute atomic E-state index is 2.47. The van der Waals surface area contributed by atoms with E-state index in [4.69, 9.17) is 0 Å². The Hall–Kier alpha value is -3.47. The Bertz CT molecular complexity index is 1360. The second-order valence-electron chi connectivity index (χ2n) is 9.93. The van der Waals surface area contributed by atoms with Gasteiger partial charge in [-0.2, -0.15) is 0 Å². The van der Waals surface area contributed by atoms with Gasteiger partial charge in [-0.1, -0.05) is 123 Å². The summed E-state index contributed by atoms with van der Waals surface area (Å²) >= 11 is 0. The Balaban J connectivity index is 1.50. The van der Waals surface area contributed by atoms with Gasteiger partial charge in [-0.05, 0) is 65.4 Å². The van der Waals surface area contributed by atoms with Crippen molar-refractivity contribution >= 4 is 23.2 Å². The van der Waals surface area contributed by atoms with Gasteiger partial charge in [-0.3, -0.25) is 0 Å². The molecule has 0 N–H and O–H groups in total. The third kappa shape index (κ3) is 5.46. The molecule has 0 fully saturated rings. The summed E-state index contributed by atoms with van der Waals surface area (Å²) in [5, 5.41) is 4.24. The lowest BCUT2D eigenvalue weighted by Gasteiger charge is -2.25. The van der Waals surface area contributed by atoms with E-state index < -0.39 is 7.26 Å². The zero-order chi connectivity index (χ0) is 25.5. The molecule has 0 heterocycles. The number of benzene rings is 5. The van der Waals surface area contributed by atoms with Crippen molar-refractivity contribution in [2.45, 2.75) is 32.6 Å². The van der Waals surface area contributed by atoms with Crippen molar-refractivity contribution in [3.8, 4) is 22.3 Å². The van der Waals surface area contributed by atoms with Crippen LogP contribution in [0.5, 0.6) is 0 Å². The van der Waals surface area contributed by atoms with Crippen LogP contribution >= 0.6 is 7.26 Å². The minimum Gasteiger partial charge on any atom is -0.0654 e. The molecule has 0 radical (unpaired) electrons. The van der Waals surface area contributed by atoms with E-state index in [9.17, 15) is 0 Å². The minimum absolute atomic E-state index is 1.18. The van der Waals surface area contributed by atoms with Crippen LogP contribution in [0.15, 0.2) is 133 Å². The van der Waals surface area contributed by atoms with Gasteiger partial charge < -0.3 is 0 Å². The number of hydrogen-bond donors (Lipinski definition) is 0. The monoisotopic (exact) mass is 499 g/mol. The van der Waals surface area contributed by atoms with E-state index in [2.05, 4.69) is 147 Å². The second-order valence-corrected chi connectivity index (χ2v) is 13.5. The lowest BCUT2D eigenvalue weighted by atomic mass is 9.98. The molecule has 0 unspecified atom stereocenters. The molecule has 0 bridgehead atoms. The molecule has 0 aromatic heterocycles. The highest BCUT2D eigenvalue weighted by molar-refractivity contribution is 7.95. The molecule has 0 aliphatic carbocycles. The Morgan fingerprint density at radius 1 is 0.486 bits per heavy atom. The van der Waals surface area contributed by atoms with Crippen LogP contribution in [0, 0.1) is 0 Å². The Kier molecular flexibility index (Phi) is 7.98.